The third-order valence-electron chi connectivity index (χ3n) is 4.88. The Bertz CT molecular complexity index is 494. The molecule has 0 spiro atoms. The third-order valence-corrected chi connectivity index (χ3v) is 4.88. The molecule has 0 saturated carbocycles. The number of hydrogen-bond donors (Lipinski definition) is 0. The van der Waals surface area contributed by atoms with E-state index >= 15 is 0 Å². The fourth-order valence-corrected chi connectivity index (χ4v) is 3.74. The van der Waals surface area contributed by atoms with Gasteiger partial charge in [0.25, 0.3) is 0 Å². The van der Waals surface area contributed by atoms with Crippen LogP contribution in [0.4, 0.5) is 5.82 Å². The Balaban J connectivity index is 1.85. The maximum atomic E-state index is 4.88. The molecule has 1 aromatic heterocycles. The van der Waals surface area contributed by atoms with E-state index in [1.807, 2.05) is 6.20 Å². The van der Waals surface area contributed by atoms with Crippen molar-refractivity contribution < 1.29 is 0 Å². The van der Waals surface area contributed by atoms with Crippen LogP contribution in [0.3, 0.4) is 0 Å². The van der Waals surface area contributed by atoms with Crippen LogP contribution in [0.5, 0.6) is 0 Å². The normalized spacial score (nSPS) is 27.5. The predicted octanol–water partition coefficient (Wildman–Crippen LogP) is 2.69. The van der Waals surface area contributed by atoms with Gasteiger partial charge >= 0.3 is 0 Å². The summed E-state index contributed by atoms with van der Waals surface area (Å²) in [4.78, 5) is 14.4. The van der Waals surface area contributed by atoms with E-state index in [0.717, 1.165) is 24.1 Å². The van der Waals surface area contributed by atoms with Crippen LogP contribution in [0, 0.1) is 5.92 Å². The van der Waals surface area contributed by atoms with E-state index in [9.17, 15) is 0 Å². The molecular weight excluding hydrogens is 260 g/mol. The van der Waals surface area contributed by atoms with Crippen LogP contribution in [0.1, 0.15) is 45.9 Å². The summed E-state index contributed by atoms with van der Waals surface area (Å²) in [6, 6.07) is 2.76. The van der Waals surface area contributed by atoms with Crippen molar-refractivity contribution in [3.8, 4) is 0 Å². The van der Waals surface area contributed by atoms with Crippen LogP contribution >= 0.6 is 0 Å². The first kappa shape index (κ1) is 14.8. The van der Waals surface area contributed by atoms with Gasteiger partial charge in [-0.05, 0) is 44.8 Å². The van der Waals surface area contributed by atoms with Gasteiger partial charge in [-0.15, -0.1) is 0 Å². The topological polar surface area (TPSA) is 32.3 Å². The standard InChI is InChI=1S/C17H28N4/c1-17(2,3)16-18-9-7-15(19-16)21-10-5-6-13-12-20(4)11-8-14(13)21/h7,9,13-14H,5-6,8,10-12H2,1-4H3/t13-,14+/m1/s1. The smallest absolute Gasteiger partial charge is 0.135 e. The highest BCUT2D eigenvalue weighted by molar-refractivity contribution is 5.40. The van der Waals surface area contributed by atoms with Gasteiger partial charge in [0.05, 0.1) is 0 Å². The Hall–Kier alpha value is -1.16. The second-order valence-corrected chi connectivity index (χ2v) is 7.70. The number of hydrogen-bond acceptors (Lipinski definition) is 4. The van der Waals surface area contributed by atoms with Gasteiger partial charge in [-0.1, -0.05) is 20.8 Å². The molecule has 116 valence electrons. The summed E-state index contributed by atoms with van der Waals surface area (Å²) in [5.74, 6) is 2.88. The van der Waals surface area contributed by atoms with Crippen LogP contribution in [-0.4, -0.2) is 47.6 Å². The molecule has 0 bridgehead atoms. The summed E-state index contributed by atoms with van der Waals surface area (Å²) in [6.07, 6.45) is 5.84. The molecule has 2 saturated heterocycles. The van der Waals surface area contributed by atoms with Crippen LogP contribution < -0.4 is 4.90 Å². The highest BCUT2D eigenvalue weighted by Crippen LogP contribution is 2.33. The fraction of sp³-hybridized carbons (Fsp3) is 0.765. The van der Waals surface area contributed by atoms with Crippen LogP contribution in [0.2, 0.25) is 0 Å². The van der Waals surface area contributed by atoms with Crippen LogP contribution in [0.25, 0.3) is 0 Å². The highest BCUT2D eigenvalue weighted by Gasteiger charge is 2.35. The number of nitrogens with zero attached hydrogens (tertiary/aromatic N) is 4. The molecule has 1 aromatic rings. The van der Waals surface area contributed by atoms with Gasteiger partial charge < -0.3 is 9.80 Å². The second kappa shape index (κ2) is 5.56. The lowest BCUT2D eigenvalue weighted by Gasteiger charge is -2.47. The van der Waals surface area contributed by atoms with E-state index in [1.165, 1.54) is 32.4 Å². The first-order valence-electron chi connectivity index (χ1n) is 8.24. The van der Waals surface area contributed by atoms with Crippen molar-refractivity contribution >= 4 is 5.82 Å². The van der Waals surface area contributed by atoms with Gasteiger partial charge in [-0.3, -0.25) is 0 Å². The van der Waals surface area contributed by atoms with Crippen molar-refractivity contribution in [3.63, 3.8) is 0 Å². The van der Waals surface area contributed by atoms with Crippen molar-refractivity contribution in [1.29, 1.82) is 0 Å². The molecule has 3 rings (SSSR count). The first-order valence-corrected chi connectivity index (χ1v) is 8.24. The number of likely N-dealkylation sites (tertiary alicyclic amines) is 1. The molecule has 2 fully saturated rings. The zero-order valence-electron chi connectivity index (χ0n) is 13.8. The summed E-state index contributed by atoms with van der Waals surface area (Å²) >= 11 is 0. The average molecular weight is 288 g/mol. The van der Waals surface area contributed by atoms with Gasteiger partial charge in [0.15, 0.2) is 0 Å². The van der Waals surface area contributed by atoms with Crippen LogP contribution in [-0.2, 0) is 5.41 Å². The molecule has 2 atom stereocenters. The molecule has 2 aliphatic heterocycles. The highest BCUT2D eigenvalue weighted by atomic mass is 15.3. The fourth-order valence-electron chi connectivity index (χ4n) is 3.74. The molecule has 0 amide bonds. The molecule has 0 radical (unpaired) electrons. The average Bonchev–Trinajstić information content (AvgIpc) is 2.45. The molecule has 0 aromatic carbocycles. The minimum atomic E-state index is 0.0119. The Morgan fingerprint density at radius 2 is 2.00 bits per heavy atom. The number of fused-ring (bicyclic) bond motifs is 1. The zero-order valence-corrected chi connectivity index (χ0v) is 13.8. The maximum absolute atomic E-state index is 4.88. The predicted molar refractivity (Wildman–Crippen MR) is 86.7 cm³/mol. The summed E-state index contributed by atoms with van der Waals surface area (Å²) in [6.45, 7) is 10.1. The molecular formula is C17H28N4. The molecule has 3 heterocycles. The van der Waals surface area contributed by atoms with E-state index in [4.69, 9.17) is 4.98 Å². The van der Waals surface area contributed by atoms with Crippen LogP contribution in [0.15, 0.2) is 12.3 Å². The van der Waals surface area contributed by atoms with E-state index in [0.29, 0.717) is 6.04 Å². The zero-order chi connectivity index (χ0) is 15.0. The number of aromatic nitrogens is 2. The largest absolute Gasteiger partial charge is 0.353 e. The van der Waals surface area contributed by atoms with Gasteiger partial charge in [0.1, 0.15) is 11.6 Å². The van der Waals surface area contributed by atoms with Crippen molar-refractivity contribution in [2.45, 2.75) is 51.5 Å². The molecule has 2 aliphatic rings. The van der Waals surface area contributed by atoms with Gasteiger partial charge in [0.2, 0.25) is 0 Å². The lowest BCUT2D eigenvalue weighted by Crippen LogP contribution is -2.53. The Morgan fingerprint density at radius 3 is 2.76 bits per heavy atom. The van der Waals surface area contributed by atoms with Crippen molar-refractivity contribution in [2.75, 3.05) is 31.6 Å². The summed E-state index contributed by atoms with van der Waals surface area (Å²) < 4.78 is 0. The number of piperidine rings is 2. The molecule has 0 aliphatic carbocycles. The Morgan fingerprint density at radius 1 is 1.19 bits per heavy atom. The Kier molecular flexibility index (Phi) is 3.91. The molecule has 0 N–H and O–H groups in total. The number of anilines is 1. The quantitative estimate of drug-likeness (QED) is 0.795. The second-order valence-electron chi connectivity index (χ2n) is 7.70. The maximum Gasteiger partial charge on any atom is 0.135 e. The minimum absolute atomic E-state index is 0.0119. The van der Waals surface area contributed by atoms with Gasteiger partial charge in [-0.2, -0.15) is 0 Å². The first-order chi connectivity index (χ1) is 9.95. The lowest BCUT2D eigenvalue weighted by molar-refractivity contribution is 0.154. The summed E-state index contributed by atoms with van der Waals surface area (Å²) in [7, 11) is 2.25. The molecule has 4 nitrogen and oxygen atoms in total. The number of rotatable bonds is 1. The van der Waals surface area contributed by atoms with Gasteiger partial charge in [-0.25, -0.2) is 9.97 Å². The molecule has 21 heavy (non-hydrogen) atoms. The van der Waals surface area contributed by atoms with Gasteiger partial charge in [0, 0.05) is 30.7 Å². The summed E-state index contributed by atoms with van der Waals surface area (Å²) in [5.41, 5.74) is 0.0119. The van der Waals surface area contributed by atoms with E-state index in [2.05, 4.69) is 48.7 Å². The van der Waals surface area contributed by atoms with Crippen molar-refractivity contribution in [3.05, 3.63) is 18.1 Å². The third kappa shape index (κ3) is 3.05. The Labute approximate surface area is 128 Å². The van der Waals surface area contributed by atoms with E-state index in [-0.39, 0.29) is 5.41 Å². The molecule has 0 unspecified atom stereocenters. The van der Waals surface area contributed by atoms with E-state index in [1.54, 1.807) is 0 Å². The summed E-state index contributed by atoms with van der Waals surface area (Å²) in [5, 5.41) is 0. The monoisotopic (exact) mass is 288 g/mol. The minimum Gasteiger partial charge on any atom is -0.353 e. The van der Waals surface area contributed by atoms with Crippen molar-refractivity contribution in [2.24, 2.45) is 5.92 Å². The van der Waals surface area contributed by atoms with E-state index < -0.39 is 0 Å². The SMILES string of the molecule is CN1CC[C@H]2[C@H](CCCN2c2ccnc(C(C)(C)C)n2)C1. The molecule has 4 heteroatoms. The van der Waals surface area contributed by atoms with Crippen molar-refractivity contribution in [1.82, 2.24) is 14.9 Å². The lowest BCUT2D eigenvalue weighted by atomic mass is 9.84.